The predicted molar refractivity (Wildman–Crippen MR) is 92.2 cm³/mol. The molecule has 1 aromatic heterocycles. The summed E-state index contributed by atoms with van der Waals surface area (Å²) in [4.78, 5) is 5.80. The fraction of sp³-hybridized carbons (Fsp3) is 0.500. The molecule has 1 heterocycles. The van der Waals surface area contributed by atoms with Crippen LogP contribution < -0.4 is 5.32 Å². The van der Waals surface area contributed by atoms with Gasteiger partial charge in [-0.05, 0) is 63.8 Å². The molecule has 114 valence electrons. The molecule has 1 N–H and O–H groups in total. The maximum Gasteiger partial charge on any atom is 0.0798 e. The number of rotatable bonds is 6. The minimum Gasteiger partial charge on any atom is -0.309 e. The molecule has 0 aliphatic rings. The van der Waals surface area contributed by atoms with Crippen molar-refractivity contribution in [1.29, 1.82) is 0 Å². The maximum absolute atomic E-state index is 4.42. The molecular weight excluding hydrogens is 276 g/mol. The number of nitrogens with one attached hydrogen (secondary N) is 1. The van der Waals surface area contributed by atoms with Gasteiger partial charge in [0.1, 0.15) is 0 Å². The van der Waals surface area contributed by atoms with Crippen LogP contribution in [0.5, 0.6) is 0 Å². The zero-order valence-corrected chi connectivity index (χ0v) is 14.6. The molecule has 0 spiro atoms. The van der Waals surface area contributed by atoms with Crippen molar-refractivity contribution >= 4 is 11.3 Å². The Morgan fingerprint density at radius 2 is 1.81 bits per heavy atom. The van der Waals surface area contributed by atoms with Crippen molar-refractivity contribution in [1.82, 2.24) is 10.3 Å². The summed E-state index contributed by atoms with van der Waals surface area (Å²) in [5, 5.41) is 3.70. The summed E-state index contributed by atoms with van der Waals surface area (Å²) in [5.74, 6) is 0. The Hall–Kier alpha value is -1.19. The minimum atomic E-state index is 0.373. The first kappa shape index (κ1) is 16.2. The van der Waals surface area contributed by atoms with E-state index in [9.17, 15) is 0 Å². The molecule has 2 aromatic rings. The normalized spacial score (nSPS) is 12.6. The lowest BCUT2D eigenvalue weighted by Gasteiger charge is -2.21. The third kappa shape index (κ3) is 3.92. The van der Waals surface area contributed by atoms with E-state index in [0.717, 1.165) is 25.1 Å². The van der Waals surface area contributed by atoms with E-state index in [2.05, 4.69) is 57.1 Å². The third-order valence-corrected chi connectivity index (χ3v) is 5.03. The van der Waals surface area contributed by atoms with Crippen LogP contribution in [-0.4, -0.2) is 11.5 Å². The molecule has 0 amide bonds. The average Bonchev–Trinajstić information content (AvgIpc) is 2.83. The van der Waals surface area contributed by atoms with Crippen molar-refractivity contribution in [2.45, 2.75) is 53.5 Å². The highest BCUT2D eigenvalue weighted by atomic mass is 32.1. The molecular formula is C18H26N2S. The van der Waals surface area contributed by atoms with Crippen molar-refractivity contribution in [3.05, 3.63) is 50.5 Å². The Balaban J connectivity index is 2.29. The maximum atomic E-state index is 4.42. The minimum absolute atomic E-state index is 0.373. The van der Waals surface area contributed by atoms with E-state index in [1.54, 1.807) is 11.3 Å². The highest BCUT2D eigenvalue weighted by Crippen LogP contribution is 2.28. The smallest absolute Gasteiger partial charge is 0.0798 e. The molecule has 0 aliphatic carbocycles. The van der Waals surface area contributed by atoms with Crippen molar-refractivity contribution in [3.8, 4) is 0 Å². The summed E-state index contributed by atoms with van der Waals surface area (Å²) in [6, 6.07) is 4.95. The number of hydrogen-bond donors (Lipinski definition) is 1. The fourth-order valence-corrected chi connectivity index (χ4v) is 3.84. The van der Waals surface area contributed by atoms with Crippen LogP contribution in [-0.2, 0) is 6.42 Å². The number of aromatic nitrogens is 1. The first-order valence-corrected chi connectivity index (χ1v) is 8.61. The highest BCUT2D eigenvalue weighted by molar-refractivity contribution is 7.09. The molecule has 0 saturated heterocycles. The molecule has 0 fully saturated rings. The summed E-state index contributed by atoms with van der Waals surface area (Å²) in [6.07, 6.45) is 2.20. The zero-order valence-electron chi connectivity index (χ0n) is 13.8. The Kier molecular flexibility index (Phi) is 5.54. The van der Waals surface area contributed by atoms with Gasteiger partial charge in [-0.2, -0.15) is 0 Å². The fourth-order valence-electron chi connectivity index (χ4n) is 2.96. The van der Waals surface area contributed by atoms with Crippen molar-refractivity contribution < 1.29 is 0 Å². The van der Waals surface area contributed by atoms with Gasteiger partial charge in [-0.25, -0.2) is 4.98 Å². The predicted octanol–water partition coefficient (Wildman–Crippen LogP) is 4.66. The molecule has 2 rings (SSSR count). The Labute approximate surface area is 132 Å². The van der Waals surface area contributed by atoms with Crippen molar-refractivity contribution in [2.75, 3.05) is 6.54 Å². The van der Waals surface area contributed by atoms with Gasteiger partial charge in [-0.15, -0.1) is 11.3 Å². The summed E-state index contributed by atoms with van der Waals surface area (Å²) < 4.78 is 0. The van der Waals surface area contributed by atoms with Gasteiger partial charge in [0.2, 0.25) is 0 Å². The molecule has 2 nitrogen and oxygen atoms in total. The molecule has 0 radical (unpaired) electrons. The number of nitrogens with zero attached hydrogens (tertiary/aromatic N) is 1. The highest BCUT2D eigenvalue weighted by Gasteiger charge is 2.18. The third-order valence-electron chi connectivity index (χ3n) is 3.99. The molecule has 1 atom stereocenters. The summed E-state index contributed by atoms with van der Waals surface area (Å²) >= 11 is 1.77. The van der Waals surface area contributed by atoms with Crippen LogP contribution in [0.2, 0.25) is 0 Å². The van der Waals surface area contributed by atoms with Gasteiger partial charge >= 0.3 is 0 Å². The van der Waals surface area contributed by atoms with Gasteiger partial charge < -0.3 is 5.32 Å². The van der Waals surface area contributed by atoms with Gasteiger partial charge in [0.25, 0.3) is 0 Å². The number of benzene rings is 1. The van der Waals surface area contributed by atoms with Crippen LogP contribution in [0.25, 0.3) is 0 Å². The molecule has 1 aromatic carbocycles. The second kappa shape index (κ2) is 7.19. The second-order valence-electron chi connectivity index (χ2n) is 5.89. The monoisotopic (exact) mass is 302 g/mol. The van der Waals surface area contributed by atoms with Crippen LogP contribution >= 0.6 is 11.3 Å². The van der Waals surface area contributed by atoms with E-state index in [0.29, 0.717) is 6.04 Å². The molecule has 0 bridgehead atoms. The van der Waals surface area contributed by atoms with Crippen LogP contribution in [0.4, 0.5) is 0 Å². The summed E-state index contributed by atoms with van der Waals surface area (Å²) in [6.45, 7) is 12.0. The largest absolute Gasteiger partial charge is 0.309 e. The number of hydrogen-bond acceptors (Lipinski definition) is 3. The lowest BCUT2D eigenvalue weighted by atomic mass is 9.93. The lowest BCUT2D eigenvalue weighted by Crippen LogP contribution is -2.24. The van der Waals surface area contributed by atoms with Crippen molar-refractivity contribution in [2.24, 2.45) is 0 Å². The second-order valence-corrected chi connectivity index (χ2v) is 6.78. The zero-order chi connectivity index (χ0) is 15.4. The van der Waals surface area contributed by atoms with E-state index in [1.807, 2.05) is 5.51 Å². The van der Waals surface area contributed by atoms with E-state index >= 15 is 0 Å². The first-order chi connectivity index (χ1) is 10.0. The van der Waals surface area contributed by atoms with Gasteiger partial charge in [0, 0.05) is 10.9 Å². The topological polar surface area (TPSA) is 24.9 Å². The molecule has 0 saturated carbocycles. The van der Waals surface area contributed by atoms with Gasteiger partial charge in [0.15, 0.2) is 0 Å². The number of thiazole rings is 1. The SMILES string of the molecule is CCCNC(Cc1c(C)cc(C)cc1C)c1scnc1C. The lowest BCUT2D eigenvalue weighted by molar-refractivity contribution is 0.532. The standard InChI is InChI=1S/C18H26N2S/c1-6-7-19-17(18-15(5)20-11-21-18)10-16-13(3)8-12(2)9-14(16)4/h8-9,11,17,19H,6-7,10H2,1-5H3. The van der Waals surface area contributed by atoms with Crippen LogP contribution in [0.3, 0.4) is 0 Å². The Bertz CT molecular complexity index is 578. The average molecular weight is 302 g/mol. The van der Waals surface area contributed by atoms with E-state index in [-0.39, 0.29) is 0 Å². The summed E-state index contributed by atoms with van der Waals surface area (Å²) in [7, 11) is 0. The van der Waals surface area contributed by atoms with Crippen LogP contribution in [0.15, 0.2) is 17.6 Å². The van der Waals surface area contributed by atoms with E-state index in [1.165, 1.54) is 27.1 Å². The van der Waals surface area contributed by atoms with Gasteiger partial charge in [-0.1, -0.05) is 24.6 Å². The molecule has 3 heteroatoms. The first-order valence-electron chi connectivity index (χ1n) is 7.73. The Morgan fingerprint density at radius 3 is 2.33 bits per heavy atom. The molecule has 1 unspecified atom stereocenters. The van der Waals surface area contributed by atoms with Gasteiger partial charge in [-0.3, -0.25) is 0 Å². The van der Waals surface area contributed by atoms with Crippen molar-refractivity contribution in [3.63, 3.8) is 0 Å². The van der Waals surface area contributed by atoms with E-state index < -0.39 is 0 Å². The molecule has 21 heavy (non-hydrogen) atoms. The molecule has 0 aliphatic heterocycles. The van der Waals surface area contributed by atoms with Crippen LogP contribution in [0.1, 0.15) is 52.2 Å². The van der Waals surface area contributed by atoms with E-state index in [4.69, 9.17) is 0 Å². The quantitative estimate of drug-likeness (QED) is 0.839. The number of aryl methyl sites for hydroxylation is 4. The van der Waals surface area contributed by atoms with Gasteiger partial charge in [0.05, 0.1) is 11.2 Å². The summed E-state index contributed by atoms with van der Waals surface area (Å²) in [5.41, 5.74) is 8.75. The van der Waals surface area contributed by atoms with Crippen LogP contribution in [0, 0.1) is 27.7 Å². The Morgan fingerprint density at radius 1 is 1.14 bits per heavy atom.